The molecule has 1 fully saturated rings. The van der Waals surface area contributed by atoms with Crippen molar-refractivity contribution in [1.82, 2.24) is 0 Å². The molecule has 0 N–H and O–H groups in total. The highest BCUT2D eigenvalue weighted by molar-refractivity contribution is 6.25. The fourth-order valence-electron chi connectivity index (χ4n) is 2.17. The number of halogens is 2. The Labute approximate surface area is 153 Å². The molecule has 0 aromatic carbocycles. The number of esters is 4. The molecule has 0 amide bonds. The van der Waals surface area contributed by atoms with Crippen LogP contribution < -0.4 is 0 Å². The lowest BCUT2D eigenvalue weighted by atomic mass is 9.98. The predicted octanol–water partition coefficient (Wildman–Crippen LogP) is 0.875. The minimum absolute atomic E-state index is 0.560. The van der Waals surface area contributed by atoms with E-state index in [1.165, 1.54) is 0 Å². The van der Waals surface area contributed by atoms with E-state index in [0.29, 0.717) is 0 Å². The van der Waals surface area contributed by atoms with Crippen molar-refractivity contribution in [3.8, 4) is 0 Å². The standard InChI is InChI=1S/C14H18Cl2O9/c1-6(17)21-5-14(16)12(24-9(4)20)10(22-7(2)18)11(13(15)25-14)23-8(3)19/h10-13H,5H2,1-4H3/t10-,11-,12+,13-,14-/m1/s1. The second-order valence-corrected chi connectivity index (χ2v) is 6.28. The highest BCUT2D eigenvalue weighted by Gasteiger charge is 2.59. The monoisotopic (exact) mass is 400 g/mol. The highest BCUT2D eigenvalue weighted by atomic mass is 35.5. The third-order valence-electron chi connectivity index (χ3n) is 2.98. The van der Waals surface area contributed by atoms with Crippen LogP contribution in [-0.4, -0.2) is 59.4 Å². The van der Waals surface area contributed by atoms with Gasteiger partial charge in [0.2, 0.25) is 5.06 Å². The van der Waals surface area contributed by atoms with Crippen molar-refractivity contribution >= 4 is 47.1 Å². The second-order valence-electron chi connectivity index (χ2n) is 5.21. The first kappa shape index (κ1) is 21.5. The summed E-state index contributed by atoms with van der Waals surface area (Å²) in [5.74, 6) is -2.97. The number of carbonyl (C=O) groups excluding carboxylic acids is 4. The Morgan fingerprint density at radius 2 is 1.36 bits per heavy atom. The van der Waals surface area contributed by atoms with Crippen molar-refractivity contribution < 1.29 is 42.9 Å². The van der Waals surface area contributed by atoms with Crippen LogP contribution in [0, 0.1) is 0 Å². The quantitative estimate of drug-likeness (QED) is 0.376. The number of ether oxygens (including phenoxy) is 5. The molecule has 25 heavy (non-hydrogen) atoms. The van der Waals surface area contributed by atoms with Crippen molar-refractivity contribution in [2.75, 3.05) is 6.61 Å². The van der Waals surface area contributed by atoms with E-state index >= 15 is 0 Å². The van der Waals surface area contributed by atoms with Crippen LogP contribution >= 0.6 is 23.2 Å². The summed E-state index contributed by atoms with van der Waals surface area (Å²) in [5, 5.41) is -1.96. The minimum Gasteiger partial charge on any atom is -0.461 e. The maximum Gasteiger partial charge on any atom is 0.303 e. The van der Waals surface area contributed by atoms with E-state index in [1.54, 1.807) is 0 Å². The molecule has 0 saturated carbocycles. The molecular formula is C14H18Cl2O9. The van der Waals surface area contributed by atoms with Gasteiger partial charge in [-0.25, -0.2) is 0 Å². The van der Waals surface area contributed by atoms with Crippen LogP contribution in [0.2, 0.25) is 0 Å². The van der Waals surface area contributed by atoms with Gasteiger partial charge in [-0.2, -0.15) is 0 Å². The average Bonchev–Trinajstić information content (AvgIpc) is 2.44. The van der Waals surface area contributed by atoms with Crippen molar-refractivity contribution in [1.29, 1.82) is 0 Å². The van der Waals surface area contributed by atoms with Crippen LogP contribution in [0.1, 0.15) is 27.7 Å². The number of rotatable bonds is 5. The smallest absolute Gasteiger partial charge is 0.303 e. The van der Waals surface area contributed by atoms with E-state index < -0.39 is 59.4 Å². The van der Waals surface area contributed by atoms with Gasteiger partial charge >= 0.3 is 23.9 Å². The summed E-state index contributed by atoms with van der Waals surface area (Å²) in [7, 11) is 0. The van der Waals surface area contributed by atoms with E-state index in [9.17, 15) is 19.2 Å². The third-order valence-corrected chi connectivity index (χ3v) is 3.73. The summed E-state index contributed by atoms with van der Waals surface area (Å²) in [4.78, 5) is 45.3. The van der Waals surface area contributed by atoms with Crippen molar-refractivity contribution in [2.24, 2.45) is 0 Å². The highest BCUT2D eigenvalue weighted by Crippen LogP contribution is 2.40. The summed E-state index contributed by atoms with van der Waals surface area (Å²) in [6.45, 7) is 3.86. The predicted molar refractivity (Wildman–Crippen MR) is 82.6 cm³/mol. The number of hydrogen-bond donors (Lipinski definition) is 0. The van der Waals surface area contributed by atoms with Gasteiger partial charge in [-0.15, -0.1) is 0 Å². The molecule has 0 radical (unpaired) electrons. The lowest BCUT2D eigenvalue weighted by molar-refractivity contribution is -0.250. The van der Waals surface area contributed by atoms with E-state index in [-0.39, 0.29) is 0 Å². The number of alkyl halides is 2. The first-order chi connectivity index (χ1) is 11.5. The lowest BCUT2D eigenvalue weighted by Crippen LogP contribution is -2.65. The SMILES string of the molecule is CC(=O)OC[C@@]1(Cl)O[C@@H](Cl)[C@H](OC(C)=O)[C@@H](OC(C)=O)[C@@H]1OC(C)=O. The van der Waals surface area contributed by atoms with Gasteiger partial charge in [0, 0.05) is 27.7 Å². The molecule has 1 aliphatic heterocycles. The Bertz CT molecular complexity index is 552. The molecular weight excluding hydrogens is 383 g/mol. The van der Waals surface area contributed by atoms with Crippen molar-refractivity contribution in [3.05, 3.63) is 0 Å². The molecule has 0 bridgehead atoms. The zero-order valence-corrected chi connectivity index (χ0v) is 15.5. The van der Waals surface area contributed by atoms with Crippen LogP contribution in [0.5, 0.6) is 0 Å². The topological polar surface area (TPSA) is 114 Å². The van der Waals surface area contributed by atoms with Crippen LogP contribution in [0.3, 0.4) is 0 Å². The first-order valence-electron chi connectivity index (χ1n) is 7.12. The zero-order chi connectivity index (χ0) is 19.4. The van der Waals surface area contributed by atoms with Gasteiger partial charge in [0.15, 0.2) is 23.9 Å². The van der Waals surface area contributed by atoms with Gasteiger partial charge in [-0.1, -0.05) is 23.2 Å². The molecule has 0 aromatic rings. The number of carbonyl (C=O) groups is 4. The molecule has 1 saturated heterocycles. The lowest BCUT2D eigenvalue weighted by Gasteiger charge is -2.46. The van der Waals surface area contributed by atoms with Gasteiger partial charge in [-0.05, 0) is 0 Å². The fourth-order valence-corrected chi connectivity index (χ4v) is 2.89. The Morgan fingerprint density at radius 1 is 0.880 bits per heavy atom. The van der Waals surface area contributed by atoms with Crippen LogP contribution in [-0.2, 0) is 42.9 Å². The molecule has 5 atom stereocenters. The molecule has 1 heterocycles. The Kier molecular flexibility index (Phi) is 7.45. The second kappa shape index (κ2) is 8.68. The van der Waals surface area contributed by atoms with E-state index in [4.69, 9.17) is 46.9 Å². The molecule has 142 valence electrons. The van der Waals surface area contributed by atoms with Gasteiger partial charge in [0.25, 0.3) is 0 Å². The molecule has 11 heteroatoms. The normalized spacial score (nSPS) is 31.6. The largest absolute Gasteiger partial charge is 0.461 e. The zero-order valence-electron chi connectivity index (χ0n) is 13.9. The van der Waals surface area contributed by atoms with E-state index in [1.807, 2.05) is 0 Å². The van der Waals surface area contributed by atoms with Gasteiger partial charge in [0.1, 0.15) is 6.61 Å². The summed E-state index contributed by atoms with van der Waals surface area (Å²) >= 11 is 12.4. The van der Waals surface area contributed by atoms with Gasteiger partial charge in [-0.3, -0.25) is 19.2 Å². The summed E-state index contributed by atoms with van der Waals surface area (Å²) in [6, 6.07) is 0. The Morgan fingerprint density at radius 3 is 1.80 bits per heavy atom. The fraction of sp³-hybridized carbons (Fsp3) is 0.714. The van der Waals surface area contributed by atoms with Crippen LogP contribution in [0.15, 0.2) is 0 Å². The van der Waals surface area contributed by atoms with Crippen molar-refractivity contribution in [2.45, 2.75) is 56.6 Å². The number of hydrogen-bond acceptors (Lipinski definition) is 9. The molecule has 0 spiro atoms. The Balaban J connectivity index is 3.26. The Hall–Kier alpha value is -1.58. The maximum absolute atomic E-state index is 11.5. The van der Waals surface area contributed by atoms with Gasteiger partial charge in [0.05, 0.1) is 0 Å². The van der Waals surface area contributed by atoms with Gasteiger partial charge < -0.3 is 23.7 Å². The third kappa shape index (κ3) is 6.02. The summed E-state index contributed by atoms with van der Waals surface area (Å²) in [6.07, 6.45) is -4.15. The van der Waals surface area contributed by atoms with E-state index in [0.717, 1.165) is 27.7 Å². The average molecular weight is 401 g/mol. The van der Waals surface area contributed by atoms with Crippen LogP contribution in [0.4, 0.5) is 0 Å². The van der Waals surface area contributed by atoms with E-state index in [2.05, 4.69) is 0 Å². The molecule has 9 nitrogen and oxygen atoms in total. The molecule has 0 aliphatic carbocycles. The maximum atomic E-state index is 11.5. The minimum atomic E-state index is -1.96. The molecule has 1 aliphatic rings. The summed E-state index contributed by atoms with van der Waals surface area (Å²) < 4.78 is 25.4. The first-order valence-corrected chi connectivity index (χ1v) is 7.93. The molecule has 1 rings (SSSR count). The van der Waals surface area contributed by atoms with Crippen molar-refractivity contribution in [3.63, 3.8) is 0 Å². The van der Waals surface area contributed by atoms with Crippen LogP contribution in [0.25, 0.3) is 0 Å². The summed E-state index contributed by atoms with van der Waals surface area (Å²) in [5.41, 5.74) is -1.37. The molecule has 0 aromatic heterocycles. The molecule has 0 unspecified atom stereocenters.